The van der Waals surface area contributed by atoms with Crippen LogP contribution in [0.5, 0.6) is 5.75 Å². The number of ether oxygens (including phenoxy) is 2. The summed E-state index contributed by atoms with van der Waals surface area (Å²) < 4.78 is 10.1. The number of carbonyl (C=O) groups excluding carboxylic acids is 3. The largest absolute Gasteiger partial charge is 0.479 e. The minimum absolute atomic E-state index is 0.166. The molecular formula is C14H14ClNO5. The summed E-state index contributed by atoms with van der Waals surface area (Å²) in [4.78, 5) is 36.6. The van der Waals surface area contributed by atoms with Crippen molar-refractivity contribution in [3.8, 4) is 5.75 Å². The summed E-state index contributed by atoms with van der Waals surface area (Å²) in [6.45, 7) is 1.35. The highest BCUT2D eigenvalue weighted by Gasteiger charge is 2.33. The van der Waals surface area contributed by atoms with Gasteiger partial charge in [0.05, 0.1) is 18.7 Å². The van der Waals surface area contributed by atoms with Gasteiger partial charge in [-0.1, -0.05) is 0 Å². The van der Waals surface area contributed by atoms with Crippen LogP contribution in [-0.2, 0) is 14.3 Å². The van der Waals surface area contributed by atoms with E-state index in [4.69, 9.17) is 16.3 Å². The molecule has 21 heavy (non-hydrogen) atoms. The van der Waals surface area contributed by atoms with Gasteiger partial charge < -0.3 is 9.47 Å². The Labute approximate surface area is 126 Å². The second-order valence-corrected chi connectivity index (χ2v) is 4.77. The van der Waals surface area contributed by atoms with E-state index in [1.807, 2.05) is 0 Å². The molecule has 6 nitrogen and oxygen atoms in total. The van der Waals surface area contributed by atoms with E-state index < -0.39 is 12.1 Å². The molecule has 1 aliphatic heterocycles. The zero-order valence-electron chi connectivity index (χ0n) is 11.6. The molecule has 0 saturated heterocycles. The van der Waals surface area contributed by atoms with E-state index in [0.717, 1.165) is 0 Å². The van der Waals surface area contributed by atoms with Crippen molar-refractivity contribution in [2.45, 2.75) is 13.0 Å². The fourth-order valence-electron chi connectivity index (χ4n) is 2.01. The molecule has 0 N–H and O–H groups in total. The van der Waals surface area contributed by atoms with Crippen LogP contribution in [0.15, 0.2) is 18.2 Å². The lowest BCUT2D eigenvalue weighted by molar-refractivity contribution is -0.140. The van der Waals surface area contributed by atoms with Gasteiger partial charge in [-0.15, -0.1) is 11.6 Å². The first kappa shape index (κ1) is 15.3. The number of alkyl halides is 1. The van der Waals surface area contributed by atoms with Crippen LogP contribution in [0.3, 0.4) is 0 Å². The molecule has 1 unspecified atom stereocenters. The Kier molecular flexibility index (Phi) is 4.47. The number of fused-ring (bicyclic) bond motifs is 1. The molecule has 1 atom stereocenters. The first-order valence-corrected chi connectivity index (χ1v) is 6.79. The number of benzene rings is 1. The van der Waals surface area contributed by atoms with Gasteiger partial charge >= 0.3 is 5.97 Å². The van der Waals surface area contributed by atoms with Crippen molar-refractivity contribution in [2.24, 2.45) is 0 Å². The predicted molar refractivity (Wildman–Crippen MR) is 76.0 cm³/mol. The first-order valence-electron chi connectivity index (χ1n) is 6.26. The summed E-state index contributed by atoms with van der Waals surface area (Å²) in [6, 6.07) is 4.65. The zero-order chi connectivity index (χ0) is 15.6. The van der Waals surface area contributed by atoms with Crippen LogP contribution in [0.2, 0.25) is 0 Å². The van der Waals surface area contributed by atoms with Gasteiger partial charge in [0.15, 0.2) is 11.9 Å². The zero-order valence-corrected chi connectivity index (χ0v) is 12.3. The minimum atomic E-state index is -0.711. The van der Waals surface area contributed by atoms with Gasteiger partial charge in [-0.25, -0.2) is 0 Å². The van der Waals surface area contributed by atoms with E-state index in [0.29, 0.717) is 17.0 Å². The topological polar surface area (TPSA) is 72.9 Å². The third-order valence-electron chi connectivity index (χ3n) is 3.13. The number of anilines is 1. The van der Waals surface area contributed by atoms with E-state index in [-0.39, 0.29) is 24.1 Å². The molecule has 0 saturated carbocycles. The Morgan fingerprint density at radius 3 is 2.76 bits per heavy atom. The normalized spacial score (nSPS) is 17.0. The average Bonchev–Trinajstić information content (AvgIpc) is 2.50. The predicted octanol–water partition coefficient (Wildman–Crippen LogP) is 1.39. The number of ketones is 1. The summed E-state index contributed by atoms with van der Waals surface area (Å²) in [5, 5.41) is 0. The van der Waals surface area contributed by atoms with Crippen molar-refractivity contribution in [3.05, 3.63) is 23.8 Å². The lowest BCUT2D eigenvalue weighted by Gasteiger charge is -2.32. The van der Waals surface area contributed by atoms with Gasteiger partial charge in [0, 0.05) is 5.56 Å². The van der Waals surface area contributed by atoms with Crippen molar-refractivity contribution in [3.63, 3.8) is 0 Å². The molecular weight excluding hydrogens is 298 g/mol. The smallest absolute Gasteiger partial charge is 0.325 e. The monoisotopic (exact) mass is 311 g/mol. The second kappa shape index (κ2) is 6.13. The van der Waals surface area contributed by atoms with Crippen LogP contribution in [0.25, 0.3) is 0 Å². The molecule has 1 aliphatic rings. The highest BCUT2D eigenvalue weighted by Crippen LogP contribution is 2.35. The van der Waals surface area contributed by atoms with E-state index >= 15 is 0 Å². The molecule has 0 bridgehead atoms. The molecule has 0 aliphatic carbocycles. The molecule has 0 fully saturated rings. The van der Waals surface area contributed by atoms with Crippen molar-refractivity contribution in [2.75, 3.05) is 24.4 Å². The van der Waals surface area contributed by atoms with Crippen molar-refractivity contribution >= 4 is 34.9 Å². The van der Waals surface area contributed by atoms with E-state index in [1.165, 1.54) is 18.1 Å². The summed E-state index contributed by atoms with van der Waals surface area (Å²) in [6.07, 6.45) is -0.711. The number of carbonyl (C=O) groups is 3. The Balaban J connectivity index is 2.44. The number of esters is 1. The van der Waals surface area contributed by atoms with Gasteiger partial charge in [0.2, 0.25) is 0 Å². The molecule has 0 radical (unpaired) electrons. The molecule has 1 aromatic rings. The van der Waals surface area contributed by atoms with Crippen LogP contribution in [0.4, 0.5) is 5.69 Å². The summed E-state index contributed by atoms with van der Waals surface area (Å²) >= 11 is 5.53. The Morgan fingerprint density at radius 2 is 2.14 bits per heavy atom. The number of amides is 1. The molecule has 1 aromatic carbocycles. The number of halogens is 1. The van der Waals surface area contributed by atoms with Crippen molar-refractivity contribution in [1.29, 1.82) is 0 Å². The Hall–Kier alpha value is -2.08. The van der Waals surface area contributed by atoms with Crippen LogP contribution in [0.1, 0.15) is 17.3 Å². The molecule has 112 valence electrons. The summed E-state index contributed by atoms with van der Waals surface area (Å²) in [5.74, 6) is -0.942. The average molecular weight is 312 g/mol. The van der Waals surface area contributed by atoms with Crippen molar-refractivity contribution in [1.82, 2.24) is 0 Å². The Bertz CT molecular complexity index is 601. The molecule has 0 spiro atoms. The maximum Gasteiger partial charge on any atom is 0.325 e. The lowest BCUT2D eigenvalue weighted by Crippen LogP contribution is -2.47. The van der Waals surface area contributed by atoms with Crippen LogP contribution in [0, 0.1) is 0 Å². The van der Waals surface area contributed by atoms with Gasteiger partial charge in [-0.05, 0) is 25.1 Å². The molecule has 2 rings (SSSR count). The number of hydrogen-bond donors (Lipinski definition) is 0. The standard InChI is InChI=1S/C14H14ClNO5/c1-8-14(19)16(7-13(18)20-2)10-5-9(11(17)6-15)3-4-12(10)21-8/h3-5,8H,6-7H2,1-2H3. The quantitative estimate of drug-likeness (QED) is 0.477. The highest BCUT2D eigenvalue weighted by atomic mass is 35.5. The van der Waals surface area contributed by atoms with Crippen molar-refractivity contribution < 1.29 is 23.9 Å². The fraction of sp³-hybridized carbons (Fsp3) is 0.357. The summed E-state index contributed by atoms with van der Waals surface area (Å²) in [5.41, 5.74) is 0.712. The maximum atomic E-state index is 12.2. The van der Waals surface area contributed by atoms with Gasteiger partial charge in [0.1, 0.15) is 12.3 Å². The number of Topliss-reactive ketones (excluding diaryl/α,β-unsaturated/α-hetero) is 1. The number of rotatable bonds is 4. The number of methoxy groups -OCH3 is 1. The maximum absolute atomic E-state index is 12.2. The molecule has 7 heteroatoms. The van der Waals surface area contributed by atoms with Gasteiger partial charge in [-0.3, -0.25) is 19.3 Å². The third-order valence-corrected chi connectivity index (χ3v) is 3.37. The van der Waals surface area contributed by atoms with Gasteiger partial charge in [0.25, 0.3) is 5.91 Å². The number of nitrogens with zero attached hydrogens (tertiary/aromatic N) is 1. The number of hydrogen-bond acceptors (Lipinski definition) is 5. The minimum Gasteiger partial charge on any atom is -0.479 e. The van der Waals surface area contributed by atoms with E-state index in [9.17, 15) is 14.4 Å². The fourth-order valence-corrected chi connectivity index (χ4v) is 2.17. The Morgan fingerprint density at radius 1 is 1.43 bits per heavy atom. The lowest BCUT2D eigenvalue weighted by atomic mass is 10.1. The van der Waals surface area contributed by atoms with Gasteiger partial charge in [-0.2, -0.15) is 0 Å². The van der Waals surface area contributed by atoms with Crippen LogP contribution < -0.4 is 9.64 Å². The second-order valence-electron chi connectivity index (χ2n) is 4.50. The van der Waals surface area contributed by atoms with E-state index in [2.05, 4.69) is 4.74 Å². The molecule has 1 heterocycles. The SMILES string of the molecule is COC(=O)CN1C(=O)C(C)Oc2ccc(C(=O)CCl)cc21. The van der Waals surface area contributed by atoms with Crippen LogP contribution >= 0.6 is 11.6 Å². The molecule has 0 aromatic heterocycles. The summed E-state index contributed by atoms with van der Waals surface area (Å²) in [7, 11) is 1.24. The third kappa shape index (κ3) is 3.00. The highest BCUT2D eigenvalue weighted by molar-refractivity contribution is 6.30. The van der Waals surface area contributed by atoms with Crippen LogP contribution in [-0.4, -0.2) is 43.3 Å². The molecule has 1 amide bonds. The van der Waals surface area contributed by atoms with E-state index in [1.54, 1.807) is 19.1 Å². The first-order chi connectivity index (χ1) is 9.97.